The molecule has 4 aliphatic rings. The van der Waals surface area contributed by atoms with Crippen LogP contribution in [-0.2, 0) is 0 Å². The fourth-order valence-electron chi connectivity index (χ4n) is 9.38. The van der Waals surface area contributed by atoms with E-state index in [4.69, 9.17) is 0 Å². The molecule has 0 spiro atoms. The molecule has 29 heavy (non-hydrogen) atoms. The predicted molar refractivity (Wildman–Crippen MR) is 127 cm³/mol. The Hall–Kier alpha value is -0.260. The first kappa shape index (κ1) is 22.0. The van der Waals surface area contributed by atoms with E-state index < -0.39 is 0 Å². The highest BCUT2D eigenvalue weighted by Gasteiger charge is 2.62. The van der Waals surface area contributed by atoms with Crippen molar-refractivity contribution in [2.75, 3.05) is 0 Å². The lowest BCUT2D eigenvalue weighted by atomic mass is 9.42. The number of fused-ring (bicyclic) bond motifs is 5. The fraction of sp³-hybridized carbons (Fsp3) is 0.931. The van der Waals surface area contributed by atoms with E-state index >= 15 is 0 Å². The standard InChI is InChI=1S/C29H50/c1-20(2)11-10-12-21(3)23-14-15-24-26-25(16-18-29(23,24)7)28(6)17-9-8-13-22(28)19-27(26,4)5/h19-21,23-26H,8-18H2,1-7H3. The van der Waals surface area contributed by atoms with Gasteiger partial charge in [-0.15, -0.1) is 0 Å². The minimum absolute atomic E-state index is 0.402. The zero-order valence-corrected chi connectivity index (χ0v) is 20.8. The molecule has 0 aromatic heterocycles. The molecule has 0 heterocycles. The summed E-state index contributed by atoms with van der Waals surface area (Å²) in [6.07, 6.45) is 18.9. The van der Waals surface area contributed by atoms with Crippen LogP contribution in [0.5, 0.6) is 0 Å². The van der Waals surface area contributed by atoms with Crippen LogP contribution >= 0.6 is 0 Å². The van der Waals surface area contributed by atoms with Crippen molar-refractivity contribution >= 4 is 0 Å². The van der Waals surface area contributed by atoms with Crippen molar-refractivity contribution in [3.63, 3.8) is 0 Å². The molecule has 0 bridgehead atoms. The van der Waals surface area contributed by atoms with Gasteiger partial charge in [0.1, 0.15) is 0 Å². The monoisotopic (exact) mass is 398 g/mol. The van der Waals surface area contributed by atoms with Gasteiger partial charge in [0.2, 0.25) is 0 Å². The molecule has 3 fully saturated rings. The second-order valence-corrected chi connectivity index (χ2v) is 13.4. The first-order chi connectivity index (χ1) is 13.6. The van der Waals surface area contributed by atoms with Gasteiger partial charge in [-0.2, -0.15) is 0 Å². The molecule has 0 nitrogen and oxygen atoms in total. The van der Waals surface area contributed by atoms with Gasteiger partial charge in [-0.3, -0.25) is 0 Å². The van der Waals surface area contributed by atoms with Crippen LogP contribution in [-0.4, -0.2) is 0 Å². The highest BCUT2D eigenvalue weighted by Crippen LogP contribution is 2.70. The van der Waals surface area contributed by atoms with Crippen LogP contribution in [0.25, 0.3) is 0 Å². The Morgan fingerprint density at radius 1 is 0.897 bits per heavy atom. The normalized spacial score (nSPS) is 44.6. The Morgan fingerprint density at radius 3 is 2.38 bits per heavy atom. The van der Waals surface area contributed by atoms with E-state index in [2.05, 4.69) is 54.5 Å². The molecule has 7 atom stereocenters. The Kier molecular flexibility index (Phi) is 5.83. The van der Waals surface area contributed by atoms with Crippen LogP contribution < -0.4 is 0 Å². The van der Waals surface area contributed by atoms with E-state index in [0.717, 1.165) is 35.5 Å². The number of hydrogen-bond donors (Lipinski definition) is 0. The highest BCUT2D eigenvalue weighted by atomic mass is 14.7. The minimum atomic E-state index is 0.402. The molecule has 0 aromatic rings. The molecule has 0 aliphatic heterocycles. The van der Waals surface area contributed by atoms with E-state index in [1.54, 1.807) is 0 Å². The van der Waals surface area contributed by atoms with Gasteiger partial charge in [0.25, 0.3) is 0 Å². The summed E-state index contributed by atoms with van der Waals surface area (Å²) in [5.41, 5.74) is 3.39. The number of allylic oxidation sites excluding steroid dienone is 2. The van der Waals surface area contributed by atoms with Crippen molar-refractivity contribution in [2.24, 2.45) is 51.8 Å². The van der Waals surface area contributed by atoms with E-state index in [1.165, 1.54) is 70.6 Å². The van der Waals surface area contributed by atoms with Gasteiger partial charge in [0.05, 0.1) is 0 Å². The molecule has 0 radical (unpaired) electrons. The van der Waals surface area contributed by atoms with Crippen LogP contribution in [0.4, 0.5) is 0 Å². The third kappa shape index (κ3) is 3.57. The van der Waals surface area contributed by atoms with Gasteiger partial charge in [-0.05, 0) is 96.7 Å². The summed E-state index contributed by atoms with van der Waals surface area (Å²) in [5, 5.41) is 0. The van der Waals surface area contributed by atoms with Crippen molar-refractivity contribution in [1.82, 2.24) is 0 Å². The molecule has 7 unspecified atom stereocenters. The van der Waals surface area contributed by atoms with Gasteiger partial charge >= 0.3 is 0 Å². The molecule has 0 aromatic carbocycles. The lowest BCUT2D eigenvalue weighted by molar-refractivity contribution is -0.0903. The maximum atomic E-state index is 2.80. The van der Waals surface area contributed by atoms with Crippen molar-refractivity contribution in [2.45, 2.75) is 119 Å². The molecule has 0 amide bonds. The first-order valence-corrected chi connectivity index (χ1v) is 13.3. The molecule has 4 rings (SSSR count). The highest BCUT2D eigenvalue weighted by molar-refractivity contribution is 5.28. The Labute approximate surface area is 182 Å². The summed E-state index contributed by atoms with van der Waals surface area (Å²) in [6.45, 7) is 18.0. The average Bonchev–Trinajstić information content (AvgIpc) is 2.98. The molecule has 0 heteroatoms. The van der Waals surface area contributed by atoms with Gasteiger partial charge in [0.15, 0.2) is 0 Å². The van der Waals surface area contributed by atoms with Crippen LogP contribution in [0.2, 0.25) is 0 Å². The molecular formula is C29H50. The summed E-state index contributed by atoms with van der Waals surface area (Å²) in [4.78, 5) is 0. The minimum Gasteiger partial charge on any atom is -0.0788 e. The smallest absolute Gasteiger partial charge is 0.00849 e. The van der Waals surface area contributed by atoms with Gasteiger partial charge in [-0.1, -0.05) is 85.8 Å². The second kappa shape index (κ2) is 7.70. The summed E-state index contributed by atoms with van der Waals surface area (Å²) < 4.78 is 0. The topological polar surface area (TPSA) is 0 Å². The van der Waals surface area contributed by atoms with Gasteiger partial charge < -0.3 is 0 Å². The SMILES string of the molecule is CC(C)CCCC(C)C1CCC2C3C(CCC12C)C1(C)CCCCC1=CC3(C)C. The Balaban J connectivity index is 1.58. The molecule has 166 valence electrons. The maximum absolute atomic E-state index is 2.80. The van der Waals surface area contributed by atoms with Crippen LogP contribution in [0.3, 0.4) is 0 Å². The molecule has 0 saturated heterocycles. The van der Waals surface area contributed by atoms with Crippen molar-refractivity contribution in [3.8, 4) is 0 Å². The predicted octanol–water partition coefficient (Wildman–Crippen LogP) is 9.05. The molecule has 4 aliphatic carbocycles. The van der Waals surface area contributed by atoms with E-state index in [-0.39, 0.29) is 0 Å². The van der Waals surface area contributed by atoms with Crippen LogP contribution in [0, 0.1) is 51.8 Å². The lowest BCUT2D eigenvalue weighted by Gasteiger charge is -2.62. The van der Waals surface area contributed by atoms with E-state index in [9.17, 15) is 0 Å². The van der Waals surface area contributed by atoms with Gasteiger partial charge in [0, 0.05) is 0 Å². The Morgan fingerprint density at radius 2 is 1.66 bits per heavy atom. The fourth-order valence-corrected chi connectivity index (χ4v) is 9.38. The van der Waals surface area contributed by atoms with Crippen LogP contribution in [0.1, 0.15) is 119 Å². The zero-order chi connectivity index (χ0) is 21.0. The number of rotatable bonds is 5. The van der Waals surface area contributed by atoms with Crippen LogP contribution in [0.15, 0.2) is 11.6 Å². The second-order valence-electron chi connectivity index (χ2n) is 13.4. The third-order valence-electron chi connectivity index (χ3n) is 10.8. The third-order valence-corrected chi connectivity index (χ3v) is 10.8. The summed E-state index contributed by atoms with van der Waals surface area (Å²) >= 11 is 0. The first-order valence-electron chi connectivity index (χ1n) is 13.3. The summed E-state index contributed by atoms with van der Waals surface area (Å²) in [6, 6.07) is 0. The molecule has 3 saturated carbocycles. The maximum Gasteiger partial charge on any atom is -0.00849 e. The van der Waals surface area contributed by atoms with E-state index in [1.807, 2.05) is 5.57 Å². The van der Waals surface area contributed by atoms with Crippen molar-refractivity contribution in [3.05, 3.63) is 11.6 Å². The number of hydrogen-bond acceptors (Lipinski definition) is 0. The quantitative estimate of drug-likeness (QED) is 0.405. The Bertz CT molecular complexity index is 624. The molecule has 0 N–H and O–H groups in total. The lowest BCUT2D eigenvalue weighted by Crippen LogP contribution is -2.55. The zero-order valence-electron chi connectivity index (χ0n) is 20.8. The summed E-state index contributed by atoms with van der Waals surface area (Å²) in [7, 11) is 0. The largest absolute Gasteiger partial charge is 0.0788 e. The van der Waals surface area contributed by atoms with E-state index in [0.29, 0.717) is 16.2 Å². The van der Waals surface area contributed by atoms with Crippen molar-refractivity contribution < 1.29 is 0 Å². The average molecular weight is 399 g/mol. The van der Waals surface area contributed by atoms with Gasteiger partial charge in [-0.25, -0.2) is 0 Å². The molecular weight excluding hydrogens is 348 g/mol. The summed E-state index contributed by atoms with van der Waals surface area (Å²) in [5.74, 6) is 5.59. The van der Waals surface area contributed by atoms with Crippen molar-refractivity contribution in [1.29, 1.82) is 0 Å².